The summed E-state index contributed by atoms with van der Waals surface area (Å²) in [6, 6.07) is 3.61. The first-order chi connectivity index (χ1) is 14.6. The molecule has 1 fully saturated rings. The molecule has 1 aromatic heterocycles. The number of halogens is 1. The van der Waals surface area contributed by atoms with Crippen molar-refractivity contribution in [2.45, 2.75) is 53.9 Å². The molecule has 1 aliphatic rings. The van der Waals surface area contributed by atoms with E-state index in [4.69, 9.17) is 11.6 Å². The van der Waals surface area contributed by atoms with Gasteiger partial charge in [-0.15, -0.1) is 0 Å². The highest BCUT2D eigenvalue weighted by molar-refractivity contribution is 6.30. The summed E-state index contributed by atoms with van der Waals surface area (Å²) in [5.41, 5.74) is 1.76. The molecule has 0 atom stereocenters. The normalized spacial score (nSPS) is 16.6. The molecule has 5 nitrogen and oxygen atoms in total. The number of nitrogens with one attached hydrogen (secondary N) is 1. The Labute approximate surface area is 191 Å². The second-order valence-electron chi connectivity index (χ2n) is 9.22. The van der Waals surface area contributed by atoms with E-state index in [9.17, 15) is 9.90 Å². The lowest BCUT2D eigenvalue weighted by Crippen LogP contribution is -2.39. The van der Waals surface area contributed by atoms with Crippen molar-refractivity contribution in [1.82, 2.24) is 9.88 Å². The van der Waals surface area contributed by atoms with E-state index < -0.39 is 11.4 Å². The van der Waals surface area contributed by atoms with Gasteiger partial charge in [-0.3, -0.25) is 4.79 Å². The zero-order chi connectivity index (χ0) is 23.2. The van der Waals surface area contributed by atoms with E-state index in [1.165, 1.54) is 0 Å². The molecule has 2 N–H and O–H groups in total. The number of carboxylic acids is 1. The Bertz CT molecular complexity index is 827. The average molecular weight is 446 g/mol. The molecule has 0 unspecified atom stereocenters. The number of aromatic nitrogens is 1. The summed E-state index contributed by atoms with van der Waals surface area (Å²) >= 11 is 6.00. The molecule has 31 heavy (non-hydrogen) atoms. The maximum atomic E-state index is 12.1. The molecule has 0 aliphatic heterocycles. The van der Waals surface area contributed by atoms with Gasteiger partial charge in [-0.25, -0.2) is 4.98 Å². The van der Waals surface area contributed by atoms with Gasteiger partial charge in [0.25, 0.3) is 0 Å². The van der Waals surface area contributed by atoms with E-state index in [1.807, 2.05) is 12.1 Å². The summed E-state index contributed by atoms with van der Waals surface area (Å²) in [5.74, 6) is 0.852. The molecule has 1 saturated carbocycles. The van der Waals surface area contributed by atoms with Gasteiger partial charge in [0.2, 0.25) is 0 Å². The van der Waals surface area contributed by atoms with Crippen LogP contribution in [0.25, 0.3) is 0 Å². The molecule has 1 heterocycles. The average Bonchev–Trinajstić information content (AvgIpc) is 2.65. The van der Waals surface area contributed by atoms with Gasteiger partial charge in [0.1, 0.15) is 5.82 Å². The molecule has 170 valence electrons. The van der Waals surface area contributed by atoms with Crippen LogP contribution in [0.15, 0.2) is 54.0 Å². The predicted octanol–water partition coefficient (Wildman–Crippen LogP) is 6.36. The number of carbonyl (C=O) groups is 1. The van der Waals surface area contributed by atoms with Gasteiger partial charge < -0.3 is 15.3 Å². The lowest BCUT2D eigenvalue weighted by atomic mass is 9.63. The fourth-order valence-corrected chi connectivity index (χ4v) is 4.04. The maximum Gasteiger partial charge on any atom is 0.314 e. The molecule has 2 rings (SSSR count). The summed E-state index contributed by atoms with van der Waals surface area (Å²) in [5, 5.41) is 13.9. The van der Waals surface area contributed by atoms with Crippen LogP contribution >= 0.6 is 11.6 Å². The van der Waals surface area contributed by atoms with Crippen LogP contribution in [0.3, 0.4) is 0 Å². The van der Waals surface area contributed by atoms with Crippen LogP contribution in [0.2, 0.25) is 5.02 Å². The highest BCUT2D eigenvalue weighted by atomic mass is 35.5. The van der Waals surface area contributed by atoms with Crippen LogP contribution in [0, 0.1) is 17.3 Å². The quantitative estimate of drug-likeness (QED) is 0.388. The van der Waals surface area contributed by atoms with Crippen LogP contribution < -0.4 is 5.32 Å². The lowest BCUT2D eigenvalue weighted by molar-refractivity contribution is -0.150. The molecule has 0 saturated heterocycles. The van der Waals surface area contributed by atoms with Crippen molar-refractivity contribution in [3.8, 4) is 0 Å². The fourth-order valence-electron chi connectivity index (χ4n) is 3.92. The Morgan fingerprint density at radius 2 is 1.90 bits per heavy atom. The van der Waals surface area contributed by atoms with E-state index in [2.05, 4.69) is 56.4 Å². The first-order valence-electron chi connectivity index (χ1n) is 11.0. The Balaban J connectivity index is 2.57. The molecule has 1 aromatic rings. The molecule has 1 aliphatic carbocycles. The zero-order valence-corrected chi connectivity index (χ0v) is 20.2. The summed E-state index contributed by atoms with van der Waals surface area (Å²) < 4.78 is 0. The third kappa shape index (κ3) is 6.36. The topological polar surface area (TPSA) is 65.5 Å². The van der Waals surface area contributed by atoms with Crippen molar-refractivity contribution in [3.63, 3.8) is 0 Å². The minimum Gasteiger partial charge on any atom is -0.481 e. The maximum absolute atomic E-state index is 12.1. The van der Waals surface area contributed by atoms with Gasteiger partial charge in [-0.2, -0.15) is 0 Å². The van der Waals surface area contributed by atoms with Crippen LogP contribution in [-0.4, -0.2) is 34.0 Å². The van der Waals surface area contributed by atoms with Gasteiger partial charge in [0.05, 0.1) is 16.1 Å². The molecule has 6 heteroatoms. The van der Waals surface area contributed by atoms with Gasteiger partial charge in [0.15, 0.2) is 0 Å². The monoisotopic (exact) mass is 445 g/mol. The molecule has 0 radical (unpaired) electrons. The summed E-state index contributed by atoms with van der Waals surface area (Å²) in [6.07, 6.45) is 7.40. The first kappa shape index (κ1) is 25.0. The number of aliphatic carboxylic acids is 1. The van der Waals surface area contributed by atoms with Crippen molar-refractivity contribution >= 4 is 23.4 Å². The smallest absolute Gasteiger partial charge is 0.314 e. The summed E-state index contributed by atoms with van der Waals surface area (Å²) in [7, 11) is 0. The van der Waals surface area contributed by atoms with E-state index in [0.717, 1.165) is 36.5 Å². The molecular formula is C25H36ClN3O2. The Kier molecular flexibility index (Phi) is 8.75. The van der Waals surface area contributed by atoms with E-state index in [-0.39, 0.29) is 0 Å². The van der Waals surface area contributed by atoms with Crippen molar-refractivity contribution in [2.24, 2.45) is 17.3 Å². The number of carboxylic acid groups (broad SMARTS) is 1. The third-order valence-electron chi connectivity index (χ3n) is 5.71. The molecule has 0 bridgehead atoms. The van der Waals surface area contributed by atoms with Gasteiger partial charge >= 0.3 is 5.97 Å². The second kappa shape index (κ2) is 10.9. The standard InChI is InChI=1S/C25H36ClN3O2/c1-7-20(25(24(30)31)11-8-12-25)13-22(28-23-10-9-21(26)14-27-23)19(6)29(15-17(2)3)16-18(4)5/h7,9-10,13-14,17-18H,1,8,11-12,15-16H2,2-6H3,(H,27,28)(H,30,31)/b20-13+,22-19-. The number of allylic oxidation sites excluding steroid dienone is 3. The van der Waals surface area contributed by atoms with Gasteiger partial charge in [-0.1, -0.05) is 58.4 Å². The van der Waals surface area contributed by atoms with E-state index in [1.54, 1.807) is 18.3 Å². The number of pyridine rings is 1. The van der Waals surface area contributed by atoms with Crippen LogP contribution in [0.5, 0.6) is 0 Å². The molecule has 0 aromatic carbocycles. The molecular weight excluding hydrogens is 410 g/mol. The predicted molar refractivity (Wildman–Crippen MR) is 129 cm³/mol. The van der Waals surface area contributed by atoms with Crippen LogP contribution in [-0.2, 0) is 4.79 Å². The SMILES string of the molecule is C=C/C(=C\C(Nc1ccc(Cl)cn1)=C(/C)N(CC(C)C)CC(C)C)C1(C(=O)O)CCC1. The van der Waals surface area contributed by atoms with Gasteiger partial charge in [0, 0.05) is 25.0 Å². The Hall–Kier alpha value is -2.27. The fraction of sp³-hybridized carbons (Fsp3) is 0.520. The summed E-state index contributed by atoms with van der Waals surface area (Å²) in [4.78, 5) is 18.9. The van der Waals surface area contributed by atoms with Crippen LogP contribution in [0.4, 0.5) is 5.82 Å². The number of nitrogens with zero attached hydrogens (tertiary/aromatic N) is 2. The van der Waals surface area contributed by atoms with Crippen molar-refractivity contribution in [3.05, 3.63) is 59.1 Å². The highest BCUT2D eigenvalue weighted by Crippen LogP contribution is 2.48. The van der Waals surface area contributed by atoms with Crippen molar-refractivity contribution in [1.29, 1.82) is 0 Å². The van der Waals surface area contributed by atoms with Gasteiger partial charge in [-0.05, 0) is 55.4 Å². The zero-order valence-electron chi connectivity index (χ0n) is 19.4. The Morgan fingerprint density at radius 3 is 2.29 bits per heavy atom. The largest absolute Gasteiger partial charge is 0.481 e. The first-order valence-corrected chi connectivity index (χ1v) is 11.4. The number of anilines is 1. The molecule has 0 amide bonds. The van der Waals surface area contributed by atoms with Crippen LogP contribution in [0.1, 0.15) is 53.9 Å². The van der Waals surface area contributed by atoms with E-state index in [0.29, 0.717) is 35.5 Å². The van der Waals surface area contributed by atoms with Crippen molar-refractivity contribution < 1.29 is 9.90 Å². The minimum absolute atomic E-state index is 0.489. The second-order valence-corrected chi connectivity index (χ2v) is 9.66. The lowest BCUT2D eigenvalue weighted by Gasteiger charge is -2.39. The highest BCUT2D eigenvalue weighted by Gasteiger charge is 2.46. The minimum atomic E-state index is -0.858. The third-order valence-corrected chi connectivity index (χ3v) is 5.94. The van der Waals surface area contributed by atoms with E-state index >= 15 is 0 Å². The van der Waals surface area contributed by atoms with Crippen molar-refractivity contribution in [2.75, 3.05) is 18.4 Å². The number of hydrogen-bond acceptors (Lipinski definition) is 4. The number of hydrogen-bond donors (Lipinski definition) is 2. The molecule has 0 spiro atoms. The number of rotatable bonds is 11. The Morgan fingerprint density at radius 1 is 1.29 bits per heavy atom. The summed E-state index contributed by atoms with van der Waals surface area (Å²) in [6.45, 7) is 16.6.